The number of rotatable bonds is 3. The van der Waals surface area contributed by atoms with E-state index in [1.807, 2.05) is 50.4 Å². The van der Waals surface area contributed by atoms with E-state index in [0.717, 1.165) is 5.69 Å². The molecule has 0 aliphatic carbocycles. The first-order chi connectivity index (χ1) is 9.06. The Morgan fingerprint density at radius 1 is 1.21 bits per heavy atom. The zero-order chi connectivity index (χ0) is 14.0. The fourth-order valence-corrected chi connectivity index (χ4v) is 2.64. The molecule has 0 radical (unpaired) electrons. The lowest BCUT2D eigenvalue weighted by Crippen LogP contribution is -2.65. The normalized spacial score (nSPS) is 19.9. The minimum atomic E-state index is -0.377. The first-order valence-corrected chi connectivity index (χ1v) is 7.35. The Balaban J connectivity index is 2.38. The maximum atomic E-state index is 12.5. The van der Waals surface area contributed by atoms with Gasteiger partial charge in [0.15, 0.2) is 5.50 Å². The molecule has 102 valence electrons. The van der Waals surface area contributed by atoms with Crippen LogP contribution < -0.4 is 10.2 Å². The maximum Gasteiger partial charge on any atom is 0.335 e. The van der Waals surface area contributed by atoms with Gasteiger partial charge in [0.25, 0.3) is 0 Å². The summed E-state index contributed by atoms with van der Waals surface area (Å²) in [6, 6.07) is 8.54. The summed E-state index contributed by atoms with van der Waals surface area (Å²) >= 11 is 1.42. The van der Waals surface area contributed by atoms with Gasteiger partial charge in [-0.25, -0.2) is 14.5 Å². The van der Waals surface area contributed by atoms with E-state index in [0.29, 0.717) is 0 Å². The predicted octanol–water partition coefficient (Wildman–Crippen LogP) is 2.69. The van der Waals surface area contributed by atoms with Crippen LogP contribution in [0, 0.1) is 0 Å². The van der Waals surface area contributed by atoms with E-state index < -0.39 is 0 Å². The summed E-state index contributed by atoms with van der Waals surface area (Å²) in [7, 11) is 0. The van der Waals surface area contributed by atoms with Crippen molar-refractivity contribution in [2.75, 3.05) is 11.2 Å². The van der Waals surface area contributed by atoms with Gasteiger partial charge in [-0.2, -0.15) is 0 Å². The van der Waals surface area contributed by atoms with Crippen LogP contribution in [0.4, 0.5) is 15.3 Å². The van der Waals surface area contributed by atoms with E-state index in [9.17, 15) is 9.59 Å². The second kappa shape index (κ2) is 5.52. The van der Waals surface area contributed by atoms with Crippen molar-refractivity contribution in [1.82, 2.24) is 10.2 Å². The largest absolute Gasteiger partial charge is 0.335 e. The van der Waals surface area contributed by atoms with Crippen molar-refractivity contribution in [2.45, 2.75) is 25.4 Å². The van der Waals surface area contributed by atoms with Gasteiger partial charge in [0, 0.05) is 11.7 Å². The van der Waals surface area contributed by atoms with Crippen LogP contribution in [0.2, 0.25) is 0 Å². The van der Waals surface area contributed by atoms with Crippen LogP contribution in [0.5, 0.6) is 0 Å². The van der Waals surface area contributed by atoms with Gasteiger partial charge in [-0.15, -0.1) is 11.8 Å². The average Bonchev–Trinajstić information content (AvgIpc) is 2.38. The Morgan fingerprint density at radius 3 is 2.37 bits per heavy atom. The Kier molecular flexibility index (Phi) is 3.99. The number of para-hydroxylation sites is 1. The number of nitrogens with one attached hydrogen (secondary N) is 1. The van der Waals surface area contributed by atoms with Gasteiger partial charge in [-0.1, -0.05) is 18.2 Å². The standard InChI is InChI=1S/C13H17N3O2S/c1-9(2)15-11(17)14-12(19-3)16(13(15)18)10-7-5-4-6-8-10/h4-9,12H,1-3H3,(H,14,17). The molecule has 6 heteroatoms. The van der Waals surface area contributed by atoms with E-state index in [2.05, 4.69) is 5.32 Å². The molecule has 0 bridgehead atoms. The molecule has 0 saturated carbocycles. The van der Waals surface area contributed by atoms with Gasteiger partial charge < -0.3 is 5.32 Å². The first kappa shape index (κ1) is 13.7. The molecule has 1 aliphatic rings. The van der Waals surface area contributed by atoms with Crippen LogP contribution >= 0.6 is 11.8 Å². The topological polar surface area (TPSA) is 52.7 Å². The highest BCUT2D eigenvalue weighted by atomic mass is 32.2. The minimum absolute atomic E-state index is 0.179. The third kappa shape index (κ3) is 2.53. The molecule has 0 aromatic heterocycles. The zero-order valence-corrected chi connectivity index (χ0v) is 12.0. The van der Waals surface area contributed by atoms with Crippen molar-refractivity contribution in [3.63, 3.8) is 0 Å². The molecule has 1 aliphatic heterocycles. The number of hydrogen-bond donors (Lipinski definition) is 1. The SMILES string of the molecule is CSC1NC(=O)N(C(C)C)C(=O)N1c1ccccc1. The monoisotopic (exact) mass is 279 g/mol. The fraction of sp³-hybridized carbons (Fsp3) is 0.385. The molecule has 1 saturated heterocycles. The van der Waals surface area contributed by atoms with Crippen molar-refractivity contribution in [3.8, 4) is 0 Å². The summed E-state index contributed by atoms with van der Waals surface area (Å²) in [5.41, 5.74) is 0.398. The first-order valence-electron chi connectivity index (χ1n) is 6.07. The number of carbonyl (C=O) groups is 2. The van der Waals surface area contributed by atoms with Gasteiger partial charge >= 0.3 is 12.1 Å². The van der Waals surface area contributed by atoms with Crippen molar-refractivity contribution in [3.05, 3.63) is 30.3 Å². The van der Waals surface area contributed by atoms with Gasteiger partial charge in [-0.05, 0) is 32.2 Å². The second-order valence-corrected chi connectivity index (χ2v) is 5.41. The molecule has 1 heterocycles. The Labute approximate surface area is 116 Å². The van der Waals surface area contributed by atoms with Crippen LogP contribution in [0.1, 0.15) is 13.8 Å². The number of imide groups is 1. The molecular weight excluding hydrogens is 262 g/mol. The molecule has 1 unspecified atom stereocenters. The molecule has 1 atom stereocenters. The van der Waals surface area contributed by atoms with E-state index in [4.69, 9.17) is 0 Å². The highest BCUT2D eigenvalue weighted by Gasteiger charge is 2.39. The number of benzene rings is 1. The van der Waals surface area contributed by atoms with Crippen molar-refractivity contribution < 1.29 is 9.59 Å². The van der Waals surface area contributed by atoms with Gasteiger partial charge in [0.1, 0.15) is 0 Å². The molecule has 4 amide bonds. The summed E-state index contributed by atoms with van der Waals surface area (Å²) in [6.07, 6.45) is 1.86. The second-order valence-electron chi connectivity index (χ2n) is 4.49. The summed E-state index contributed by atoms with van der Waals surface area (Å²) in [6.45, 7) is 3.64. The minimum Gasteiger partial charge on any atom is -0.308 e. The van der Waals surface area contributed by atoms with E-state index in [1.54, 1.807) is 4.90 Å². The Morgan fingerprint density at radius 2 is 1.84 bits per heavy atom. The molecule has 0 spiro atoms. The number of thioether (sulfide) groups is 1. The van der Waals surface area contributed by atoms with Crippen LogP contribution in [0.3, 0.4) is 0 Å². The summed E-state index contributed by atoms with van der Waals surface area (Å²) in [5.74, 6) is 0. The molecule has 1 aromatic carbocycles. The van der Waals surface area contributed by atoms with Gasteiger partial charge in [0.05, 0.1) is 0 Å². The zero-order valence-electron chi connectivity index (χ0n) is 11.2. The predicted molar refractivity (Wildman–Crippen MR) is 77.1 cm³/mol. The lowest BCUT2D eigenvalue weighted by molar-refractivity contribution is 0.169. The number of carbonyl (C=O) groups excluding carboxylic acids is 2. The molecular formula is C13H17N3O2S. The van der Waals surface area contributed by atoms with Gasteiger partial charge in [-0.3, -0.25) is 4.90 Å². The molecule has 19 heavy (non-hydrogen) atoms. The van der Waals surface area contributed by atoms with Crippen LogP contribution in [-0.4, -0.2) is 34.8 Å². The quantitative estimate of drug-likeness (QED) is 0.925. The third-order valence-electron chi connectivity index (χ3n) is 2.89. The number of anilines is 1. The van der Waals surface area contributed by atoms with E-state index in [-0.39, 0.29) is 23.6 Å². The van der Waals surface area contributed by atoms with Crippen LogP contribution in [-0.2, 0) is 0 Å². The average molecular weight is 279 g/mol. The third-order valence-corrected chi connectivity index (χ3v) is 3.66. The Bertz CT molecular complexity index is 478. The lowest BCUT2D eigenvalue weighted by Gasteiger charge is -2.41. The molecule has 1 aromatic rings. The number of nitrogens with zero attached hydrogens (tertiary/aromatic N) is 2. The molecule has 2 rings (SSSR count). The van der Waals surface area contributed by atoms with Gasteiger partial charge in [0.2, 0.25) is 0 Å². The van der Waals surface area contributed by atoms with Crippen LogP contribution in [0.15, 0.2) is 30.3 Å². The maximum absolute atomic E-state index is 12.5. The lowest BCUT2D eigenvalue weighted by atomic mass is 10.2. The fourth-order valence-electron chi connectivity index (χ4n) is 2.00. The highest BCUT2D eigenvalue weighted by Crippen LogP contribution is 2.26. The molecule has 5 nitrogen and oxygen atoms in total. The summed E-state index contributed by atoms with van der Waals surface area (Å²) < 4.78 is 0. The highest BCUT2D eigenvalue weighted by molar-refractivity contribution is 7.99. The molecule has 1 N–H and O–H groups in total. The number of amides is 4. The van der Waals surface area contributed by atoms with Crippen LogP contribution in [0.25, 0.3) is 0 Å². The number of hydrogen-bond acceptors (Lipinski definition) is 3. The van der Waals surface area contributed by atoms with E-state index >= 15 is 0 Å². The summed E-state index contributed by atoms with van der Waals surface area (Å²) in [4.78, 5) is 27.3. The Hall–Kier alpha value is -1.69. The number of urea groups is 2. The molecule has 1 fully saturated rings. The van der Waals surface area contributed by atoms with Crippen molar-refractivity contribution >= 4 is 29.5 Å². The van der Waals surface area contributed by atoms with E-state index in [1.165, 1.54) is 16.7 Å². The van der Waals surface area contributed by atoms with Crippen molar-refractivity contribution in [2.24, 2.45) is 0 Å². The summed E-state index contributed by atoms with van der Waals surface area (Å²) in [5, 5.41) is 2.83. The van der Waals surface area contributed by atoms with Crippen molar-refractivity contribution in [1.29, 1.82) is 0 Å². The smallest absolute Gasteiger partial charge is 0.308 e.